The zero-order valence-electron chi connectivity index (χ0n) is 12.0. The third-order valence-electron chi connectivity index (χ3n) is 3.34. The smallest absolute Gasteiger partial charge is 0.116 e. The predicted molar refractivity (Wildman–Crippen MR) is 87.9 cm³/mol. The molecule has 0 amide bonds. The molecule has 0 aliphatic heterocycles. The molecule has 0 fully saturated rings. The van der Waals surface area contributed by atoms with Gasteiger partial charge in [0.05, 0.1) is 22.6 Å². The fourth-order valence-corrected chi connectivity index (χ4v) is 2.71. The Hall–Kier alpha value is -2.26. The minimum Gasteiger partial charge on any atom is -0.396 e. The first-order chi connectivity index (χ1) is 10.0. The second-order valence-corrected chi connectivity index (χ2v) is 5.61. The van der Waals surface area contributed by atoms with Gasteiger partial charge in [0.25, 0.3) is 0 Å². The molecule has 0 aliphatic rings. The number of para-hydroxylation sites is 1. The summed E-state index contributed by atoms with van der Waals surface area (Å²) in [6.07, 6.45) is 1.80. The van der Waals surface area contributed by atoms with E-state index in [1.807, 2.05) is 24.3 Å². The lowest BCUT2D eigenvalue weighted by Gasteiger charge is -2.04. The van der Waals surface area contributed by atoms with Gasteiger partial charge in [0.1, 0.15) is 5.69 Å². The number of halogens is 1. The van der Waals surface area contributed by atoms with Gasteiger partial charge >= 0.3 is 0 Å². The van der Waals surface area contributed by atoms with Gasteiger partial charge in [-0.2, -0.15) is 5.10 Å². The Balaban J connectivity index is 2.12. The zero-order valence-corrected chi connectivity index (χ0v) is 12.7. The van der Waals surface area contributed by atoms with Crippen LogP contribution in [0, 0.1) is 13.8 Å². The van der Waals surface area contributed by atoms with Crippen molar-refractivity contribution in [1.29, 1.82) is 0 Å². The minimum atomic E-state index is 0.639. The average Bonchev–Trinajstić information content (AvgIpc) is 2.80. The lowest BCUT2D eigenvalue weighted by Crippen LogP contribution is -1.95. The minimum absolute atomic E-state index is 0.639. The summed E-state index contributed by atoms with van der Waals surface area (Å²) in [5.41, 5.74) is 11.8. The fraction of sp³-hybridized carbons (Fsp3) is 0.118. The van der Waals surface area contributed by atoms with Crippen LogP contribution in [0.5, 0.6) is 0 Å². The number of rotatable bonds is 2. The van der Waals surface area contributed by atoms with Crippen molar-refractivity contribution in [2.24, 2.45) is 0 Å². The molecular formula is C17H16ClN3. The largest absolute Gasteiger partial charge is 0.396 e. The summed E-state index contributed by atoms with van der Waals surface area (Å²) in [7, 11) is 0. The number of nitrogen functional groups attached to an aromatic ring is 1. The molecule has 3 rings (SSSR count). The highest BCUT2D eigenvalue weighted by Crippen LogP contribution is 2.28. The third-order valence-corrected chi connectivity index (χ3v) is 3.66. The van der Waals surface area contributed by atoms with Crippen LogP contribution < -0.4 is 5.73 Å². The van der Waals surface area contributed by atoms with Crippen LogP contribution in [-0.2, 0) is 0 Å². The van der Waals surface area contributed by atoms with Gasteiger partial charge in [-0.3, -0.25) is 0 Å². The first kappa shape index (κ1) is 13.7. The summed E-state index contributed by atoms with van der Waals surface area (Å²) < 4.78 is 1.73. The van der Waals surface area contributed by atoms with Crippen molar-refractivity contribution >= 4 is 17.3 Å². The van der Waals surface area contributed by atoms with E-state index in [1.54, 1.807) is 10.9 Å². The van der Waals surface area contributed by atoms with Crippen LogP contribution in [0.4, 0.5) is 5.69 Å². The van der Waals surface area contributed by atoms with E-state index in [4.69, 9.17) is 17.3 Å². The molecule has 0 atom stereocenters. The molecule has 0 saturated heterocycles. The molecule has 0 aliphatic carbocycles. The average molecular weight is 298 g/mol. The number of hydrogen-bond donors (Lipinski definition) is 1. The molecule has 3 aromatic rings. The van der Waals surface area contributed by atoms with E-state index in [1.165, 1.54) is 11.1 Å². The molecule has 106 valence electrons. The Labute approximate surface area is 129 Å². The van der Waals surface area contributed by atoms with E-state index in [9.17, 15) is 0 Å². The molecule has 21 heavy (non-hydrogen) atoms. The van der Waals surface area contributed by atoms with Crippen molar-refractivity contribution < 1.29 is 0 Å². The van der Waals surface area contributed by atoms with E-state index in [2.05, 4.69) is 37.1 Å². The van der Waals surface area contributed by atoms with Crippen molar-refractivity contribution in [3.8, 4) is 16.9 Å². The van der Waals surface area contributed by atoms with Crippen LogP contribution in [-0.4, -0.2) is 9.78 Å². The summed E-state index contributed by atoms with van der Waals surface area (Å²) in [4.78, 5) is 0. The second-order valence-electron chi connectivity index (χ2n) is 5.21. The summed E-state index contributed by atoms with van der Waals surface area (Å²) >= 11 is 6.22. The predicted octanol–water partition coefficient (Wildman–Crippen LogP) is 4.39. The first-order valence-electron chi connectivity index (χ1n) is 6.73. The van der Waals surface area contributed by atoms with Crippen molar-refractivity contribution in [3.05, 3.63) is 64.8 Å². The number of anilines is 1. The lowest BCUT2D eigenvalue weighted by molar-refractivity contribution is 0.884. The number of hydrogen-bond acceptors (Lipinski definition) is 2. The summed E-state index contributed by atoms with van der Waals surface area (Å²) in [6, 6.07) is 13.9. The SMILES string of the molecule is Cc1cc(C)cc(-c2nn(-c3ccccc3Cl)cc2N)c1. The molecule has 0 saturated carbocycles. The monoisotopic (exact) mass is 297 g/mol. The Bertz CT molecular complexity index is 785. The van der Waals surface area contributed by atoms with Crippen LogP contribution in [0.15, 0.2) is 48.7 Å². The van der Waals surface area contributed by atoms with E-state index in [-0.39, 0.29) is 0 Å². The highest BCUT2D eigenvalue weighted by molar-refractivity contribution is 6.32. The van der Waals surface area contributed by atoms with Crippen LogP contribution >= 0.6 is 11.6 Å². The fourth-order valence-electron chi connectivity index (χ4n) is 2.48. The molecule has 0 bridgehead atoms. The van der Waals surface area contributed by atoms with Crippen molar-refractivity contribution in [2.45, 2.75) is 13.8 Å². The number of benzene rings is 2. The maximum absolute atomic E-state index is 6.22. The topological polar surface area (TPSA) is 43.8 Å². The van der Waals surface area contributed by atoms with Gasteiger partial charge in [0.15, 0.2) is 0 Å². The Morgan fingerprint density at radius 1 is 1.05 bits per heavy atom. The molecule has 0 unspecified atom stereocenters. The molecule has 4 heteroatoms. The molecule has 0 radical (unpaired) electrons. The van der Waals surface area contributed by atoms with E-state index in [0.29, 0.717) is 10.7 Å². The molecule has 0 spiro atoms. The molecular weight excluding hydrogens is 282 g/mol. The second kappa shape index (κ2) is 5.26. The van der Waals surface area contributed by atoms with Crippen LogP contribution in [0.2, 0.25) is 5.02 Å². The van der Waals surface area contributed by atoms with Crippen LogP contribution in [0.25, 0.3) is 16.9 Å². The number of nitrogens with two attached hydrogens (primary N) is 1. The summed E-state index contributed by atoms with van der Waals surface area (Å²) in [6.45, 7) is 4.13. The van der Waals surface area contributed by atoms with Gasteiger partial charge in [0.2, 0.25) is 0 Å². The maximum Gasteiger partial charge on any atom is 0.116 e. The van der Waals surface area contributed by atoms with E-state index >= 15 is 0 Å². The van der Waals surface area contributed by atoms with Gasteiger partial charge < -0.3 is 5.73 Å². The summed E-state index contributed by atoms with van der Waals surface area (Å²) in [5.74, 6) is 0. The molecule has 2 aromatic carbocycles. The van der Waals surface area contributed by atoms with Crippen molar-refractivity contribution in [3.63, 3.8) is 0 Å². The quantitative estimate of drug-likeness (QED) is 0.762. The van der Waals surface area contributed by atoms with Gasteiger partial charge in [-0.1, -0.05) is 40.9 Å². The molecule has 3 nitrogen and oxygen atoms in total. The Kier molecular flexibility index (Phi) is 3.43. The van der Waals surface area contributed by atoms with Gasteiger partial charge in [0, 0.05) is 5.56 Å². The standard InChI is InChI=1S/C17H16ClN3/c1-11-7-12(2)9-13(8-11)17-15(19)10-21(20-17)16-6-4-3-5-14(16)18/h3-10H,19H2,1-2H3. The zero-order chi connectivity index (χ0) is 15.0. The lowest BCUT2D eigenvalue weighted by atomic mass is 10.0. The van der Waals surface area contributed by atoms with Gasteiger partial charge in [-0.25, -0.2) is 4.68 Å². The number of nitrogens with zero attached hydrogens (tertiary/aromatic N) is 2. The maximum atomic E-state index is 6.22. The van der Waals surface area contributed by atoms with E-state index in [0.717, 1.165) is 16.9 Å². The molecule has 2 N–H and O–H groups in total. The number of aryl methyl sites for hydroxylation is 2. The third kappa shape index (κ3) is 2.65. The van der Waals surface area contributed by atoms with Gasteiger partial charge in [-0.15, -0.1) is 0 Å². The van der Waals surface area contributed by atoms with Crippen molar-refractivity contribution in [1.82, 2.24) is 9.78 Å². The molecule has 1 aromatic heterocycles. The Morgan fingerprint density at radius 3 is 2.38 bits per heavy atom. The first-order valence-corrected chi connectivity index (χ1v) is 7.11. The molecule has 1 heterocycles. The van der Waals surface area contributed by atoms with E-state index < -0.39 is 0 Å². The highest BCUT2D eigenvalue weighted by atomic mass is 35.5. The normalized spacial score (nSPS) is 10.8. The Morgan fingerprint density at radius 2 is 1.71 bits per heavy atom. The number of aromatic nitrogens is 2. The highest BCUT2D eigenvalue weighted by Gasteiger charge is 2.12. The van der Waals surface area contributed by atoms with Crippen LogP contribution in [0.1, 0.15) is 11.1 Å². The van der Waals surface area contributed by atoms with Gasteiger partial charge in [-0.05, 0) is 38.1 Å². The van der Waals surface area contributed by atoms with Crippen molar-refractivity contribution in [2.75, 3.05) is 5.73 Å². The van der Waals surface area contributed by atoms with Crippen LogP contribution in [0.3, 0.4) is 0 Å². The summed E-state index contributed by atoms with van der Waals surface area (Å²) in [5, 5.41) is 5.25.